The number of anilines is 1. The van der Waals surface area contributed by atoms with E-state index < -0.39 is 11.9 Å². The minimum Gasteiger partial charge on any atom is -0.465 e. The number of ether oxygens (including phenoxy) is 1. The number of hydrogen-bond donors (Lipinski definition) is 1. The zero-order chi connectivity index (χ0) is 20.8. The van der Waals surface area contributed by atoms with E-state index in [-0.39, 0.29) is 5.91 Å². The van der Waals surface area contributed by atoms with Crippen molar-refractivity contribution >= 4 is 29.2 Å². The molecular weight excluding hydrogens is 388 g/mol. The average molecular weight is 415 g/mol. The molecule has 1 heterocycles. The molecule has 6 heteroatoms. The lowest BCUT2D eigenvalue weighted by Crippen LogP contribution is -2.34. The Morgan fingerprint density at radius 2 is 1.79 bits per heavy atom. The largest absolute Gasteiger partial charge is 0.465 e. The predicted octanol–water partition coefficient (Wildman–Crippen LogP) is 4.38. The predicted molar refractivity (Wildman–Crippen MR) is 116 cm³/mol. The van der Waals surface area contributed by atoms with Crippen LogP contribution in [-0.2, 0) is 9.53 Å². The molecule has 3 rings (SSSR count). The summed E-state index contributed by atoms with van der Waals surface area (Å²) in [6.45, 7) is 4.38. The minimum absolute atomic E-state index is 0.0844. The van der Waals surface area contributed by atoms with Crippen LogP contribution >= 0.6 is 11.6 Å². The number of nitrogens with zero attached hydrogens (tertiary/aromatic N) is 1. The van der Waals surface area contributed by atoms with Crippen molar-refractivity contribution in [3.8, 4) is 0 Å². The highest BCUT2D eigenvalue weighted by Crippen LogP contribution is 2.36. The molecule has 0 radical (unpaired) electrons. The van der Waals surface area contributed by atoms with E-state index in [4.69, 9.17) is 16.3 Å². The van der Waals surface area contributed by atoms with E-state index in [2.05, 4.69) is 10.2 Å². The van der Waals surface area contributed by atoms with E-state index in [1.54, 1.807) is 12.1 Å². The fourth-order valence-electron chi connectivity index (χ4n) is 3.86. The first kappa shape index (κ1) is 21.2. The Kier molecular flexibility index (Phi) is 7.15. The van der Waals surface area contributed by atoms with Gasteiger partial charge in [-0.25, -0.2) is 4.79 Å². The van der Waals surface area contributed by atoms with Crippen molar-refractivity contribution in [2.45, 2.75) is 32.1 Å². The average Bonchev–Trinajstić information content (AvgIpc) is 2.75. The maximum atomic E-state index is 13.1. The lowest BCUT2D eigenvalue weighted by molar-refractivity contribution is -0.121. The Morgan fingerprint density at radius 1 is 1.10 bits per heavy atom. The van der Waals surface area contributed by atoms with Crippen LogP contribution in [0.5, 0.6) is 0 Å². The van der Waals surface area contributed by atoms with Crippen molar-refractivity contribution in [1.29, 1.82) is 0 Å². The summed E-state index contributed by atoms with van der Waals surface area (Å²) in [7, 11) is 1.35. The Balaban J connectivity index is 2.06. The number of piperidine rings is 1. The van der Waals surface area contributed by atoms with Crippen LogP contribution in [-0.4, -0.2) is 38.6 Å². The van der Waals surface area contributed by atoms with E-state index >= 15 is 0 Å². The summed E-state index contributed by atoms with van der Waals surface area (Å²) in [5.41, 5.74) is 3.19. The molecule has 0 spiro atoms. The molecule has 5 nitrogen and oxygen atoms in total. The first-order valence-electron chi connectivity index (χ1n) is 10.1. The highest BCUT2D eigenvalue weighted by Gasteiger charge is 2.28. The van der Waals surface area contributed by atoms with Crippen LogP contribution in [0.2, 0.25) is 5.02 Å². The standard InChI is InChI=1S/C23H27ClN2O3/c1-3-25-22(27)21(16-7-9-17(10-8-16)23(28)29-2)19-15-18(24)11-12-20(19)26-13-5-4-6-14-26/h7-12,15,21H,3-6,13-14H2,1-2H3,(H,25,27). The molecule has 1 atom stereocenters. The summed E-state index contributed by atoms with van der Waals surface area (Å²) in [6.07, 6.45) is 3.51. The van der Waals surface area contributed by atoms with E-state index in [1.165, 1.54) is 13.5 Å². The molecule has 0 aliphatic carbocycles. The molecule has 1 aliphatic heterocycles. The summed E-state index contributed by atoms with van der Waals surface area (Å²) in [5, 5.41) is 3.55. The van der Waals surface area contributed by atoms with Crippen molar-refractivity contribution in [2.24, 2.45) is 0 Å². The zero-order valence-corrected chi connectivity index (χ0v) is 17.7. The molecule has 154 valence electrons. The van der Waals surface area contributed by atoms with Crippen molar-refractivity contribution in [3.05, 3.63) is 64.2 Å². The quantitative estimate of drug-likeness (QED) is 0.712. The number of halogens is 1. The molecule has 2 aromatic carbocycles. The van der Waals surface area contributed by atoms with Crippen LogP contribution in [0.1, 0.15) is 53.6 Å². The van der Waals surface area contributed by atoms with Crippen LogP contribution in [0.3, 0.4) is 0 Å². The summed E-state index contributed by atoms with van der Waals surface area (Å²) >= 11 is 6.34. The Labute approximate surface area is 177 Å². The Morgan fingerprint density at radius 3 is 2.41 bits per heavy atom. The van der Waals surface area contributed by atoms with Crippen molar-refractivity contribution in [1.82, 2.24) is 5.32 Å². The third-order valence-corrected chi connectivity index (χ3v) is 5.51. The molecule has 0 bridgehead atoms. The summed E-state index contributed by atoms with van der Waals surface area (Å²) in [5.74, 6) is -1.00. The number of likely N-dealkylation sites (N-methyl/N-ethyl adjacent to an activating group) is 1. The summed E-state index contributed by atoms with van der Waals surface area (Å²) in [6, 6.07) is 12.8. The second-order valence-corrected chi connectivity index (χ2v) is 7.63. The molecule has 0 saturated carbocycles. The highest BCUT2D eigenvalue weighted by molar-refractivity contribution is 6.30. The van der Waals surface area contributed by atoms with E-state index in [9.17, 15) is 9.59 Å². The molecule has 29 heavy (non-hydrogen) atoms. The lowest BCUT2D eigenvalue weighted by Gasteiger charge is -2.32. The van der Waals surface area contributed by atoms with Crippen LogP contribution in [0.15, 0.2) is 42.5 Å². The van der Waals surface area contributed by atoms with E-state index in [1.807, 2.05) is 37.3 Å². The normalized spacial score (nSPS) is 14.9. The van der Waals surface area contributed by atoms with Gasteiger partial charge in [0.15, 0.2) is 0 Å². The fraction of sp³-hybridized carbons (Fsp3) is 0.391. The van der Waals surface area contributed by atoms with Crippen LogP contribution in [0.25, 0.3) is 0 Å². The molecule has 1 fully saturated rings. The van der Waals surface area contributed by atoms with Gasteiger partial charge in [-0.05, 0) is 67.6 Å². The third kappa shape index (κ3) is 4.91. The van der Waals surface area contributed by atoms with Gasteiger partial charge < -0.3 is 15.0 Å². The smallest absolute Gasteiger partial charge is 0.337 e. The SMILES string of the molecule is CCNC(=O)C(c1ccc(C(=O)OC)cc1)c1cc(Cl)ccc1N1CCCCC1. The van der Waals surface area contributed by atoms with Crippen LogP contribution < -0.4 is 10.2 Å². The van der Waals surface area contributed by atoms with Gasteiger partial charge in [0.1, 0.15) is 0 Å². The number of amides is 1. The van der Waals surface area contributed by atoms with Gasteiger partial charge in [-0.1, -0.05) is 23.7 Å². The van der Waals surface area contributed by atoms with Crippen molar-refractivity contribution in [2.75, 3.05) is 31.6 Å². The molecule has 0 aromatic heterocycles. The van der Waals surface area contributed by atoms with Gasteiger partial charge >= 0.3 is 5.97 Å². The number of rotatable bonds is 6. The number of methoxy groups -OCH3 is 1. The van der Waals surface area contributed by atoms with Crippen molar-refractivity contribution in [3.63, 3.8) is 0 Å². The fourth-order valence-corrected chi connectivity index (χ4v) is 4.04. The number of esters is 1. The topological polar surface area (TPSA) is 58.6 Å². The van der Waals surface area contributed by atoms with Gasteiger partial charge in [0.25, 0.3) is 0 Å². The molecular formula is C23H27ClN2O3. The second-order valence-electron chi connectivity index (χ2n) is 7.19. The molecule has 1 N–H and O–H groups in total. The van der Waals surface area contributed by atoms with Gasteiger partial charge in [0.05, 0.1) is 18.6 Å². The van der Waals surface area contributed by atoms with Gasteiger partial charge in [0, 0.05) is 30.3 Å². The third-order valence-electron chi connectivity index (χ3n) is 5.28. The number of benzene rings is 2. The monoisotopic (exact) mass is 414 g/mol. The first-order valence-corrected chi connectivity index (χ1v) is 10.4. The number of hydrogen-bond acceptors (Lipinski definition) is 4. The summed E-state index contributed by atoms with van der Waals surface area (Å²) in [4.78, 5) is 27.2. The zero-order valence-electron chi connectivity index (χ0n) is 16.9. The maximum Gasteiger partial charge on any atom is 0.337 e. The highest BCUT2D eigenvalue weighted by atomic mass is 35.5. The number of nitrogens with one attached hydrogen (secondary N) is 1. The molecule has 1 aliphatic rings. The molecule has 1 saturated heterocycles. The molecule has 2 aromatic rings. The van der Waals surface area contributed by atoms with E-state index in [0.29, 0.717) is 17.1 Å². The molecule has 1 unspecified atom stereocenters. The van der Waals surface area contributed by atoms with Gasteiger partial charge in [0.2, 0.25) is 5.91 Å². The lowest BCUT2D eigenvalue weighted by atomic mass is 9.88. The number of carbonyl (C=O) groups excluding carboxylic acids is 2. The Hall–Kier alpha value is -2.53. The van der Waals surface area contributed by atoms with Crippen molar-refractivity contribution < 1.29 is 14.3 Å². The van der Waals surface area contributed by atoms with Crippen LogP contribution in [0, 0.1) is 0 Å². The second kappa shape index (κ2) is 9.79. The first-order chi connectivity index (χ1) is 14.0. The minimum atomic E-state index is -0.516. The summed E-state index contributed by atoms with van der Waals surface area (Å²) < 4.78 is 4.78. The number of carbonyl (C=O) groups is 2. The maximum absolute atomic E-state index is 13.1. The van der Waals surface area contributed by atoms with Gasteiger partial charge in [-0.15, -0.1) is 0 Å². The van der Waals surface area contributed by atoms with Gasteiger partial charge in [-0.2, -0.15) is 0 Å². The van der Waals surface area contributed by atoms with E-state index in [0.717, 1.165) is 42.7 Å². The van der Waals surface area contributed by atoms with Crippen LogP contribution in [0.4, 0.5) is 5.69 Å². The molecule has 1 amide bonds. The van der Waals surface area contributed by atoms with Gasteiger partial charge in [-0.3, -0.25) is 4.79 Å². The Bertz CT molecular complexity index is 861.